The average Bonchev–Trinajstić information content (AvgIpc) is 2.76. The van der Waals surface area contributed by atoms with Crippen LogP contribution < -0.4 is 0 Å². The van der Waals surface area contributed by atoms with Crippen molar-refractivity contribution >= 4 is 5.97 Å². The molecular formula is C14H16N2O2. The van der Waals surface area contributed by atoms with Crippen LogP contribution in [0.15, 0.2) is 36.8 Å². The Morgan fingerprint density at radius 3 is 2.61 bits per heavy atom. The molecule has 1 N–H and O–H groups in total. The number of hydrogen-bond acceptors (Lipinski definition) is 2. The number of hydrogen-bond donors (Lipinski definition) is 1. The predicted molar refractivity (Wildman–Crippen MR) is 68.9 cm³/mol. The van der Waals surface area contributed by atoms with E-state index in [1.165, 1.54) is 0 Å². The molecule has 0 spiro atoms. The lowest BCUT2D eigenvalue weighted by Gasteiger charge is -2.06. The second-order valence-corrected chi connectivity index (χ2v) is 4.32. The molecule has 0 atom stereocenters. The Morgan fingerprint density at radius 1 is 1.33 bits per heavy atom. The summed E-state index contributed by atoms with van der Waals surface area (Å²) in [6.45, 7) is 2.01. The van der Waals surface area contributed by atoms with E-state index in [1.54, 1.807) is 6.33 Å². The molecule has 4 nitrogen and oxygen atoms in total. The molecule has 0 fully saturated rings. The highest BCUT2D eigenvalue weighted by Gasteiger charge is 2.01. The first-order chi connectivity index (χ1) is 8.66. The van der Waals surface area contributed by atoms with Gasteiger partial charge < -0.3 is 9.67 Å². The topological polar surface area (TPSA) is 55.1 Å². The summed E-state index contributed by atoms with van der Waals surface area (Å²) in [5.41, 5.74) is 3.33. The summed E-state index contributed by atoms with van der Waals surface area (Å²) in [4.78, 5) is 14.5. The maximum Gasteiger partial charge on any atom is 0.303 e. The Balaban J connectivity index is 2.02. The molecule has 0 aliphatic heterocycles. The highest BCUT2D eigenvalue weighted by atomic mass is 16.4. The summed E-state index contributed by atoms with van der Waals surface area (Å²) in [7, 11) is 0. The van der Waals surface area contributed by atoms with Crippen LogP contribution in [0.25, 0.3) is 5.69 Å². The number of carboxylic acids is 1. The van der Waals surface area contributed by atoms with Crippen LogP contribution in [-0.4, -0.2) is 20.6 Å². The van der Waals surface area contributed by atoms with E-state index >= 15 is 0 Å². The minimum atomic E-state index is -0.735. The Kier molecular flexibility index (Phi) is 3.77. The van der Waals surface area contributed by atoms with E-state index in [0.29, 0.717) is 6.42 Å². The fourth-order valence-electron chi connectivity index (χ4n) is 1.90. The van der Waals surface area contributed by atoms with E-state index in [2.05, 4.69) is 4.98 Å². The zero-order chi connectivity index (χ0) is 13.0. The number of benzene rings is 1. The first-order valence-electron chi connectivity index (χ1n) is 5.97. The number of carboxylic acid groups (broad SMARTS) is 1. The number of imidazole rings is 1. The Hall–Kier alpha value is -2.10. The summed E-state index contributed by atoms with van der Waals surface area (Å²) in [5.74, 6) is -0.735. The number of rotatable bonds is 5. The van der Waals surface area contributed by atoms with Crippen molar-refractivity contribution in [2.75, 3.05) is 0 Å². The van der Waals surface area contributed by atoms with Gasteiger partial charge >= 0.3 is 5.97 Å². The fourth-order valence-corrected chi connectivity index (χ4v) is 1.90. The third kappa shape index (κ3) is 2.97. The van der Waals surface area contributed by atoms with E-state index in [-0.39, 0.29) is 6.42 Å². The molecule has 18 heavy (non-hydrogen) atoms. The van der Waals surface area contributed by atoms with Gasteiger partial charge in [0.1, 0.15) is 0 Å². The molecular weight excluding hydrogens is 228 g/mol. The van der Waals surface area contributed by atoms with Gasteiger partial charge in [-0.05, 0) is 37.5 Å². The van der Waals surface area contributed by atoms with Crippen LogP contribution in [0.5, 0.6) is 0 Å². The molecule has 0 radical (unpaired) electrons. The van der Waals surface area contributed by atoms with E-state index in [0.717, 1.165) is 23.4 Å². The summed E-state index contributed by atoms with van der Waals surface area (Å²) in [5, 5.41) is 8.58. The smallest absolute Gasteiger partial charge is 0.303 e. The largest absolute Gasteiger partial charge is 0.481 e. The van der Waals surface area contributed by atoms with Gasteiger partial charge in [0, 0.05) is 24.0 Å². The van der Waals surface area contributed by atoms with Gasteiger partial charge in [-0.3, -0.25) is 4.79 Å². The van der Waals surface area contributed by atoms with Crippen molar-refractivity contribution in [2.24, 2.45) is 0 Å². The van der Waals surface area contributed by atoms with Gasteiger partial charge in [-0.2, -0.15) is 0 Å². The minimum Gasteiger partial charge on any atom is -0.481 e. The van der Waals surface area contributed by atoms with Gasteiger partial charge in [0.15, 0.2) is 0 Å². The molecule has 0 bridgehead atoms. The van der Waals surface area contributed by atoms with Crippen LogP contribution >= 0.6 is 0 Å². The maximum absolute atomic E-state index is 10.4. The summed E-state index contributed by atoms with van der Waals surface area (Å²) >= 11 is 0. The van der Waals surface area contributed by atoms with Crippen LogP contribution in [0.4, 0.5) is 0 Å². The SMILES string of the molecule is Cc1cncn1-c1ccc(CCCC(=O)O)cc1. The zero-order valence-corrected chi connectivity index (χ0v) is 10.3. The molecule has 0 unspecified atom stereocenters. The molecule has 2 aromatic rings. The van der Waals surface area contributed by atoms with Crippen molar-refractivity contribution in [3.63, 3.8) is 0 Å². The first kappa shape index (κ1) is 12.4. The van der Waals surface area contributed by atoms with Crippen LogP contribution in [0.2, 0.25) is 0 Å². The third-order valence-corrected chi connectivity index (χ3v) is 2.89. The standard InChI is InChI=1S/C14H16N2O2/c1-11-9-15-10-16(11)13-7-5-12(6-8-13)3-2-4-14(17)18/h5-10H,2-4H2,1H3,(H,17,18). The number of aryl methyl sites for hydroxylation is 2. The molecule has 4 heteroatoms. The van der Waals surface area contributed by atoms with Gasteiger partial charge in [-0.15, -0.1) is 0 Å². The van der Waals surface area contributed by atoms with Crippen molar-refractivity contribution in [1.82, 2.24) is 9.55 Å². The number of aliphatic carboxylic acids is 1. The summed E-state index contributed by atoms with van der Waals surface area (Å²) < 4.78 is 2.01. The van der Waals surface area contributed by atoms with E-state index < -0.39 is 5.97 Å². The summed E-state index contributed by atoms with van der Waals surface area (Å²) in [6, 6.07) is 8.14. The van der Waals surface area contributed by atoms with E-state index in [4.69, 9.17) is 5.11 Å². The predicted octanol–water partition coefficient (Wildman–Crippen LogP) is 2.59. The van der Waals surface area contributed by atoms with Gasteiger partial charge in [-0.25, -0.2) is 4.98 Å². The molecule has 1 aromatic heterocycles. The zero-order valence-electron chi connectivity index (χ0n) is 10.3. The number of carbonyl (C=O) groups is 1. The van der Waals surface area contributed by atoms with Crippen LogP contribution in [0, 0.1) is 6.92 Å². The molecule has 2 rings (SSSR count). The fraction of sp³-hybridized carbons (Fsp3) is 0.286. The van der Waals surface area contributed by atoms with Gasteiger partial charge in [0.25, 0.3) is 0 Å². The highest BCUT2D eigenvalue weighted by Crippen LogP contribution is 2.13. The molecule has 94 valence electrons. The van der Waals surface area contributed by atoms with Crippen LogP contribution in [-0.2, 0) is 11.2 Å². The Labute approximate surface area is 106 Å². The van der Waals surface area contributed by atoms with Gasteiger partial charge in [-0.1, -0.05) is 12.1 Å². The lowest BCUT2D eigenvalue weighted by molar-refractivity contribution is -0.137. The van der Waals surface area contributed by atoms with Crippen LogP contribution in [0.1, 0.15) is 24.1 Å². The third-order valence-electron chi connectivity index (χ3n) is 2.89. The molecule has 1 aromatic carbocycles. The summed E-state index contributed by atoms with van der Waals surface area (Å²) in [6.07, 6.45) is 5.31. The van der Waals surface area contributed by atoms with Gasteiger partial charge in [0.05, 0.1) is 6.33 Å². The first-order valence-corrected chi connectivity index (χ1v) is 5.97. The lowest BCUT2D eigenvalue weighted by atomic mass is 10.1. The van der Waals surface area contributed by atoms with Crippen molar-refractivity contribution in [3.8, 4) is 5.69 Å². The lowest BCUT2D eigenvalue weighted by Crippen LogP contribution is -1.97. The van der Waals surface area contributed by atoms with Crippen molar-refractivity contribution < 1.29 is 9.90 Å². The second-order valence-electron chi connectivity index (χ2n) is 4.32. The molecule has 0 aliphatic rings. The van der Waals surface area contributed by atoms with Gasteiger partial charge in [0.2, 0.25) is 0 Å². The Bertz CT molecular complexity index is 529. The van der Waals surface area contributed by atoms with Crippen molar-refractivity contribution in [3.05, 3.63) is 48.0 Å². The Morgan fingerprint density at radius 2 is 2.06 bits per heavy atom. The molecule has 1 heterocycles. The molecule has 0 amide bonds. The quantitative estimate of drug-likeness (QED) is 0.879. The van der Waals surface area contributed by atoms with Crippen molar-refractivity contribution in [1.29, 1.82) is 0 Å². The normalized spacial score (nSPS) is 10.5. The van der Waals surface area contributed by atoms with Crippen molar-refractivity contribution in [2.45, 2.75) is 26.2 Å². The second kappa shape index (κ2) is 5.49. The molecule has 0 aliphatic carbocycles. The number of nitrogens with zero attached hydrogens (tertiary/aromatic N) is 2. The number of aromatic nitrogens is 2. The molecule has 0 saturated carbocycles. The highest BCUT2D eigenvalue weighted by molar-refractivity contribution is 5.66. The van der Waals surface area contributed by atoms with E-state index in [1.807, 2.05) is 42.0 Å². The minimum absolute atomic E-state index is 0.225. The van der Waals surface area contributed by atoms with Crippen LogP contribution in [0.3, 0.4) is 0 Å². The monoisotopic (exact) mass is 244 g/mol. The van der Waals surface area contributed by atoms with E-state index in [9.17, 15) is 4.79 Å². The average molecular weight is 244 g/mol. The maximum atomic E-state index is 10.4. The molecule has 0 saturated heterocycles.